The Morgan fingerprint density at radius 2 is 2.29 bits per heavy atom. The van der Waals surface area contributed by atoms with Crippen molar-refractivity contribution in [2.24, 2.45) is 0 Å². The van der Waals surface area contributed by atoms with Crippen molar-refractivity contribution < 1.29 is 13.9 Å². The Morgan fingerprint density at radius 3 is 2.93 bits per heavy atom. The zero-order chi connectivity index (χ0) is 10.4. The Bertz CT molecular complexity index is 293. The second kappa shape index (κ2) is 5.75. The normalized spacial score (nSPS) is 10.1. The fourth-order valence-corrected chi connectivity index (χ4v) is 1.53. The van der Waals surface area contributed by atoms with Gasteiger partial charge in [-0.1, -0.05) is 6.92 Å². The molecule has 0 spiro atoms. The van der Waals surface area contributed by atoms with Gasteiger partial charge < -0.3 is 9.15 Å². The quantitative estimate of drug-likeness (QED) is 0.706. The lowest BCUT2D eigenvalue weighted by Crippen LogP contribution is -2.02. The fourth-order valence-electron chi connectivity index (χ4n) is 0.970. The van der Waals surface area contributed by atoms with E-state index >= 15 is 0 Å². The Kier molecular flexibility index (Phi) is 4.59. The van der Waals surface area contributed by atoms with E-state index in [2.05, 4.69) is 6.92 Å². The Labute approximate surface area is 87.8 Å². The molecule has 0 aliphatic carbocycles. The van der Waals surface area contributed by atoms with Crippen molar-refractivity contribution in [2.75, 3.05) is 12.4 Å². The highest BCUT2D eigenvalue weighted by Crippen LogP contribution is 2.15. The van der Waals surface area contributed by atoms with Crippen molar-refractivity contribution in [2.45, 2.75) is 19.6 Å². The molecule has 1 aromatic heterocycles. The molecular formula is C10H14O3S. The summed E-state index contributed by atoms with van der Waals surface area (Å²) in [6, 6.07) is 3.47. The van der Waals surface area contributed by atoms with E-state index in [1.165, 1.54) is 0 Å². The molecule has 0 aromatic carbocycles. The van der Waals surface area contributed by atoms with Gasteiger partial charge in [0.1, 0.15) is 5.76 Å². The van der Waals surface area contributed by atoms with Crippen molar-refractivity contribution in [3.8, 4) is 0 Å². The lowest BCUT2D eigenvalue weighted by Gasteiger charge is -1.97. The number of carbonyl (C=O) groups excluding carboxylic acids is 1. The zero-order valence-corrected chi connectivity index (χ0v) is 9.23. The van der Waals surface area contributed by atoms with Gasteiger partial charge in [-0.3, -0.25) is 0 Å². The van der Waals surface area contributed by atoms with E-state index in [4.69, 9.17) is 9.15 Å². The third-order valence-electron chi connectivity index (χ3n) is 1.59. The molecule has 0 unspecified atom stereocenters. The van der Waals surface area contributed by atoms with Gasteiger partial charge in [0.15, 0.2) is 0 Å². The first-order chi connectivity index (χ1) is 6.77. The molecule has 0 saturated carbocycles. The summed E-state index contributed by atoms with van der Waals surface area (Å²) in [7, 11) is 0. The average Bonchev–Trinajstić information content (AvgIpc) is 2.63. The Balaban J connectivity index is 2.54. The summed E-state index contributed by atoms with van der Waals surface area (Å²) in [6.07, 6.45) is 0. The number of hydrogen-bond acceptors (Lipinski definition) is 4. The molecule has 14 heavy (non-hydrogen) atoms. The maximum absolute atomic E-state index is 11.2. The summed E-state index contributed by atoms with van der Waals surface area (Å²) in [4.78, 5) is 11.2. The number of furan rings is 1. The number of carbonyl (C=O) groups is 1. The number of thioether (sulfide) groups is 1. The molecule has 0 bridgehead atoms. The number of rotatable bonds is 5. The predicted molar refractivity (Wildman–Crippen MR) is 56.5 cm³/mol. The molecule has 0 amide bonds. The molecule has 0 aliphatic rings. The molecule has 0 aliphatic heterocycles. The van der Waals surface area contributed by atoms with Crippen molar-refractivity contribution in [3.05, 3.63) is 23.7 Å². The van der Waals surface area contributed by atoms with Gasteiger partial charge in [-0.25, -0.2) is 4.79 Å². The van der Waals surface area contributed by atoms with Crippen LogP contribution in [0.1, 0.15) is 30.2 Å². The molecule has 0 atom stereocenters. The van der Waals surface area contributed by atoms with Crippen LogP contribution in [0.4, 0.5) is 0 Å². The van der Waals surface area contributed by atoms with E-state index < -0.39 is 0 Å². The lowest BCUT2D eigenvalue weighted by molar-refractivity contribution is 0.0488. The second-order valence-corrected chi connectivity index (χ2v) is 3.90. The summed E-state index contributed by atoms with van der Waals surface area (Å²) in [5, 5.41) is 0. The number of hydrogen-bond donors (Lipinski definition) is 0. The largest absolute Gasteiger partial charge is 0.460 e. The smallest absolute Gasteiger partial charge is 0.374 e. The molecule has 0 fully saturated rings. The topological polar surface area (TPSA) is 39.4 Å². The standard InChI is InChI=1S/C10H14O3S/c1-3-12-10(11)9-6-5-8(13-9)7-14-4-2/h5-6H,3-4,7H2,1-2H3. The van der Waals surface area contributed by atoms with Gasteiger partial charge in [0.25, 0.3) is 0 Å². The van der Waals surface area contributed by atoms with Crippen molar-refractivity contribution in [1.29, 1.82) is 0 Å². The second-order valence-electron chi connectivity index (χ2n) is 2.62. The van der Waals surface area contributed by atoms with Crippen molar-refractivity contribution in [1.82, 2.24) is 0 Å². The van der Waals surface area contributed by atoms with Crippen LogP contribution in [0.3, 0.4) is 0 Å². The molecule has 0 saturated heterocycles. The van der Waals surface area contributed by atoms with E-state index in [-0.39, 0.29) is 5.97 Å². The fraction of sp³-hybridized carbons (Fsp3) is 0.500. The minimum atomic E-state index is -0.389. The van der Waals surface area contributed by atoms with Crippen molar-refractivity contribution >= 4 is 17.7 Å². The first-order valence-electron chi connectivity index (χ1n) is 4.61. The summed E-state index contributed by atoms with van der Waals surface area (Å²) in [6.45, 7) is 4.23. The van der Waals surface area contributed by atoms with Crippen LogP contribution in [0, 0.1) is 0 Å². The minimum absolute atomic E-state index is 0.290. The van der Waals surface area contributed by atoms with Crippen LogP contribution in [0.25, 0.3) is 0 Å². The van der Waals surface area contributed by atoms with Crippen LogP contribution in [0.15, 0.2) is 16.5 Å². The number of ether oxygens (including phenoxy) is 1. The maximum atomic E-state index is 11.2. The highest BCUT2D eigenvalue weighted by molar-refractivity contribution is 7.98. The van der Waals surface area contributed by atoms with Gasteiger partial charge in [0.2, 0.25) is 5.76 Å². The van der Waals surface area contributed by atoms with Crippen LogP contribution in [0.2, 0.25) is 0 Å². The highest BCUT2D eigenvalue weighted by atomic mass is 32.2. The summed E-state index contributed by atoms with van der Waals surface area (Å²) in [5.74, 6) is 2.56. The average molecular weight is 214 g/mol. The van der Waals surface area contributed by atoms with Gasteiger partial charge in [-0.05, 0) is 24.8 Å². The zero-order valence-electron chi connectivity index (χ0n) is 8.41. The summed E-state index contributed by atoms with van der Waals surface area (Å²) < 4.78 is 10.1. The van der Waals surface area contributed by atoms with Crippen LogP contribution >= 0.6 is 11.8 Å². The highest BCUT2D eigenvalue weighted by Gasteiger charge is 2.11. The van der Waals surface area contributed by atoms with Crippen LogP contribution in [0.5, 0.6) is 0 Å². The predicted octanol–water partition coefficient (Wildman–Crippen LogP) is 2.71. The van der Waals surface area contributed by atoms with E-state index in [9.17, 15) is 4.79 Å². The summed E-state index contributed by atoms with van der Waals surface area (Å²) >= 11 is 1.75. The third-order valence-corrected chi connectivity index (χ3v) is 2.48. The number of esters is 1. The first kappa shape index (κ1) is 11.2. The Hall–Kier alpha value is -0.900. The lowest BCUT2D eigenvalue weighted by atomic mass is 10.4. The third kappa shape index (κ3) is 3.10. The molecule has 0 radical (unpaired) electrons. The van der Waals surface area contributed by atoms with Gasteiger partial charge in [0, 0.05) is 0 Å². The van der Waals surface area contributed by atoms with Crippen LogP contribution < -0.4 is 0 Å². The molecule has 4 heteroatoms. The maximum Gasteiger partial charge on any atom is 0.374 e. The monoisotopic (exact) mass is 214 g/mol. The molecule has 3 nitrogen and oxygen atoms in total. The van der Waals surface area contributed by atoms with Gasteiger partial charge in [-0.2, -0.15) is 11.8 Å². The molecule has 1 aromatic rings. The van der Waals surface area contributed by atoms with E-state index in [1.807, 2.05) is 6.07 Å². The minimum Gasteiger partial charge on any atom is -0.460 e. The Morgan fingerprint density at radius 1 is 1.50 bits per heavy atom. The van der Waals surface area contributed by atoms with Crippen LogP contribution in [-0.2, 0) is 10.5 Å². The van der Waals surface area contributed by atoms with Gasteiger partial charge in [-0.15, -0.1) is 0 Å². The molecular weight excluding hydrogens is 200 g/mol. The van der Waals surface area contributed by atoms with Crippen molar-refractivity contribution in [3.63, 3.8) is 0 Å². The van der Waals surface area contributed by atoms with E-state index in [1.54, 1.807) is 24.8 Å². The molecule has 78 valence electrons. The van der Waals surface area contributed by atoms with Gasteiger partial charge in [0.05, 0.1) is 12.4 Å². The van der Waals surface area contributed by atoms with E-state index in [0.717, 1.165) is 17.3 Å². The van der Waals surface area contributed by atoms with Crippen LogP contribution in [-0.4, -0.2) is 18.3 Å². The SMILES string of the molecule is CCOC(=O)c1ccc(CSCC)o1. The first-order valence-corrected chi connectivity index (χ1v) is 5.77. The van der Waals surface area contributed by atoms with Gasteiger partial charge >= 0.3 is 5.97 Å². The molecule has 1 rings (SSSR count). The molecule has 0 N–H and O–H groups in total. The van der Waals surface area contributed by atoms with E-state index in [0.29, 0.717) is 12.4 Å². The summed E-state index contributed by atoms with van der Waals surface area (Å²) in [5.41, 5.74) is 0. The molecule has 1 heterocycles.